The summed E-state index contributed by atoms with van der Waals surface area (Å²) < 4.78 is 4.98. The van der Waals surface area contributed by atoms with Crippen LogP contribution in [0, 0.1) is 20.8 Å². The molecule has 0 aliphatic rings. The van der Waals surface area contributed by atoms with Gasteiger partial charge in [-0.15, -0.1) is 0 Å². The Hall–Kier alpha value is -1.83. The minimum absolute atomic E-state index is 0.154. The summed E-state index contributed by atoms with van der Waals surface area (Å²) in [5, 5.41) is 0. The third-order valence-electron chi connectivity index (χ3n) is 2.90. The second-order valence-electron chi connectivity index (χ2n) is 4.51. The first kappa shape index (κ1) is 11.6. The van der Waals surface area contributed by atoms with Gasteiger partial charge in [-0.05, 0) is 43.5 Å². The highest BCUT2D eigenvalue weighted by molar-refractivity contribution is 6.00. The molecule has 88 valence electrons. The van der Waals surface area contributed by atoms with Gasteiger partial charge in [0.2, 0.25) is 0 Å². The molecule has 0 N–H and O–H groups in total. The topological polar surface area (TPSA) is 30.2 Å². The molecule has 2 aromatic rings. The SMILES string of the molecule is Cc1cc(C)c(C(=O)Cc2ccoc2)c(C)c1. The molecule has 0 bridgehead atoms. The Morgan fingerprint density at radius 1 is 1.18 bits per heavy atom. The summed E-state index contributed by atoms with van der Waals surface area (Å²) in [5.74, 6) is 0.154. The third-order valence-corrected chi connectivity index (χ3v) is 2.90. The molecule has 0 aliphatic carbocycles. The van der Waals surface area contributed by atoms with Gasteiger partial charge in [-0.1, -0.05) is 17.7 Å². The van der Waals surface area contributed by atoms with Gasteiger partial charge in [-0.25, -0.2) is 0 Å². The lowest BCUT2D eigenvalue weighted by Gasteiger charge is -2.09. The number of hydrogen-bond acceptors (Lipinski definition) is 2. The van der Waals surface area contributed by atoms with Gasteiger partial charge in [-0.3, -0.25) is 4.79 Å². The quantitative estimate of drug-likeness (QED) is 0.751. The van der Waals surface area contributed by atoms with Crippen LogP contribution in [0.2, 0.25) is 0 Å². The lowest BCUT2D eigenvalue weighted by atomic mass is 9.94. The molecule has 0 atom stereocenters. The molecule has 1 aromatic carbocycles. The first-order chi connectivity index (χ1) is 8.08. The van der Waals surface area contributed by atoms with Crippen molar-refractivity contribution in [2.24, 2.45) is 0 Å². The van der Waals surface area contributed by atoms with E-state index in [9.17, 15) is 4.79 Å². The molecule has 2 nitrogen and oxygen atoms in total. The summed E-state index contributed by atoms with van der Waals surface area (Å²) in [5.41, 5.74) is 5.07. The monoisotopic (exact) mass is 228 g/mol. The van der Waals surface area contributed by atoms with Crippen LogP contribution in [0.25, 0.3) is 0 Å². The molecule has 0 radical (unpaired) electrons. The number of Topliss-reactive ketones (excluding diaryl/α,β-unsaturated/α-hetero) is 1. The van der Waals surface area contributed by atoms with E-state index in [4.69, 9.17) is 4.42 Å². The number of rotatable bonds is 3. The minimum Gasteiger partial charge on any atom is -0.472 e. The van der Waals surface area contributed by atoms with Crippen molar-refractivity contribution < 1.29 is 9.21 Å². The van der Waals surface area contributed by atoms with Crippen molar-refractivity contribution in [1.29, 1.82) is 0 Å². The number of hydrogen-bond donors (Lipinski definition) is 0. The van der Waals surface area contributed by atoms with Gasteiger partial charge in [0.05, 0.1) is 12.5 Å². The molecule has 0 aliphatic heterocycles. The Bertz CT molecular complexity index is 513. The van der Waals surface area contributed by atoms with Crippen LogP contribution in [-0.2, 0) is 6.42 Å². The van der Waals surface area contributed by atoms with Crippen LogP contribution in [0.4, 0.5) is 0 Å². The average Bonchev–Trinajstić information content (AvgIpc) is 2.68. The van der Waals surface area contributed by atoms with Gasteiger partial charge in [0.15, 0.2) is 5.78 Å². The molecule has 1 heterocycles. The van der Waals surface area contributed by atoms with E-state index in [1.165, 1.54) is 5.56 Å². The lowest BCUT2D eigenvalue weighted by Crippen LogP contribution is -2.07. The van der Waals surface area contributed by atoms with Crippen molar-refractivity contribution in [3.8, 4) is 0 Å². The summed E-state index contributed by atoms with van der Waals surface area (Å²) >= 11 is 0. The van der Waals surface area contributed by atoms with E-state index in [1.54, 1.807) is 12.5 Å². The highest BCUT2D eigenvalue weighted by atomic mass is 16.3. The Balaban J connectivity index is 2.31. The zero-order valence-electron chi connectivity index (χ0n) is 10.4. The van der Waals surface area contributed by atoms with Crippen LogP contribution in [0.5, 0.6) is 0 Å². The first-order valence-electron chi connectivity index (χ1n) is 5.70. The molecule has 0 fully saturated rings. The fraction of sp³-hybridized carbons (Fsp3) is 0.267. The van der Waals surface area contributed by atoms with Crippen molar-refractivity contribution >= 4 is 5.78 Å². The van der Waals surface area contributed by atoms with E-state index in [2.05, 4.69) is 12.1 Å². The average molecular weight is 228 g/mol. The summed E-state index contributed by atoms with van der Waals surface area (Å²) in [4.78, 5) is 12.2. The largest absolute Gasteiger partial charge is 0.472 e. The van der Waals surface area contributed by atoms with Crippen molar-refractivity contribution in [3.63, 3.8) is 0 Å². The predicted octanol–water partition coefficient (Wildman–Crippen LogP) is 3.63. The van der Waals surface area contributed by atoms with Crippen LogP contribution in [0.3, 0.4) is 0 Å². The Kier molecular flexibility index (Phi) is 3.14. The number of furan rings is 1. The maximum Gasteiger partial charge on any atom is 0.167 e. The maximum atomic E-state index is 12.2. The van der Waals surface area contributed by atoms with E-state index in [0.29, 0.717) is 6.42 Å². The van der Waals surface area contributed by atoms with Gasteiger partial charge in [-0.2, -0.15) is 0 Å². The van der Waals surface area contributed by atoms with E-state index in [-0.39, 0.29) is 5.78 Å². The second kappa shape index (κ2) is 4.58. The van der Waals surface area contributed by atoms with E-state index in [1.807, 2.05) is 26.8 Å². The standard InChI is InChI=1S/C15H16O2/c1-10-6-11(2)15(12(3)7-10)14(16)8-13-4-5-17-9-13/h4-7,9H,8H2,1-3H3. The van der Waals surface area contributed by atoms with Crippen LogP contribution >= 0.6 is 0 Å². The van der Waals surface area contributed by atoms with Gasteiger partial charge < -0.3 is 4.42 Å². The summed E-state index contributed by atoms with van der Waals surface area (Å²) in [6, 6.07) is 5.93. The number of ketones is 1. The third kappa shape index (κ3) is 2.47. The van der Waals surface area contributed by atoms with Crippen molar-refractivity contribution in [1.82, 2.24) is 0 Å². The molecule has 0 saturated heterocycles. The summed E-state index contributed by atoms with van der Waals surface area (Å²) in [6.07, 6.45) is 3.62. The molecule has 2 heteroatoms. The number of carbonyl (C=O) groups excluding carboxylic acids is 1. The summed E-state index contributed by atoms with van der Waals surface area (Å²) in [7, 11) is 0. The first-order valence-corrected chi connectivity index (χ1v) is 5.70. The zero-order chi connectivity index (χ0) is 12.4. The number of carbonyl (C=O) groups is 1. The van der Waals surface area contributed by atoms with Crippen LogP contribution in [0.15, 0.2) is 35.1 Å². The molecule has 2 rings (SSSR count). The van der Waals surface area contributed by atoms with Crippen LogP contribution in [-0.4, -0.2) is 5.78 Å². The van der Waals surface area contributed by atoms with Gasteiger partial charge in [0, 0.05) is 12.0 Å². The highest BCUT2D eigenvalue weighted by Gasteiger charge is 2.13. The Labute approximate surface area is 101 Å². The van der Waals surface area contributed by atoms with E-state index in [0.717, 1.165) is 22.3 Å². The minimum atomic E-state index is 0.154. The second-order valence-corrected chi connectivity index (χ2v) is 4.51. The molecular weight excluding hydrogens is 212 g/mol. The molecule has 0 unspecified atom stereocenters. The fourth-order valence-corrected chi connectivity index (χ4v) is 2.29. The highest BCUT2D eigenvalue weighted by Crippen LogP contribution is 2.18. The van der Waals surface area contributed by atoms with Crippen LogP contribution < -0.4 is 0 Å². The van der Waals surface area contributed by atoms with E-state index >= 15 is 0 Å². The maximum absolute atomic E-state index is 12.2. The van der Waals surface area contributed by atoms with Crippen molar-refractivity contribution in [2.75, 3.05) is 0 Å². The van der Waals surface area contributed by atoms with Gasteiger partial charge in [0.25, 0.3) is 0 Å². The van der Waals surface area contributed by atoms with Gasteiger partial charge >= 0.3 is 0 Å². The molecule has 17 heavy (non-hydrogen) atoms. The molecule has 0 spiro atoms. The Morgan fingerprint density at radius 2 is 1.82 bits per heavy atom. The van der Waals surface area contributed by atoms with Crippen LogP contribution in [0.1, 0.15) is 32.6 Å². The predicted molar refractivity (Wildman–Crippen MR) is 67.4 cm³/mol. The molecule has 1 aromatic heterocycles. The smallest absolute Gasteiger partial charge is 0.167 e. The summed E-state index contributed by atoms with van der Waals surface area (Å²) in [6.45, 7) is 6.02. The zero-order valence-corrected chi connectivity index (χ0v) is 10.4. The Morgan fingerprint density at radius 3 is 2.35 bits per heavy atom. The molecule has 0 saturated carbocycles. The van der Waals surface area contributed by atoms with Crippen molar-refractivity contribution in [3.05, 3.63) is 58.5 Å². The van der Waals surface area contributed by atoms with Gasteiger partial charge in [0.1, 0.15) is 0 Å². The molecular formula is C15H16O2. The number of benzene rings is 1. The normalized spacial score (nSPS) is 10.5. The molecule has 0 amide bonds. The number of aryl methyl sites for hydroxylation is 3. The van der Waals surface area contributed by atoms with Crippen molar-refractivity contribution in [2.45, 2.75) is 27.2 Å². The lowest BCUT2D eigenvalue weighted by molar-refractivity contribution is 0.0991. The van der Waals surface area contributed by atoms with E-state index < -0.39 is 0 Å². The fourth-order valence-electron chi connectivity index (χ4n) is 2.29.